The minimum Gasteiger partial charge on any atom is -0.373 e. The molecule has 1 saturated heterocycles. The monoisotopic (exact) mass is 296 g/mol. The van der Waals surface area contributed by atoms with E-state index in [1.165, 1.54) is 5.56 Å². The van der Waals surface area contributed by atoms with Crippen molar-refractivity contribution < 1.29 is 5.11 Å². The van der Waals surface area contributed by atoms with Gasteiger partial charge in [0.25, 0.3) is 0 Å². The molecule has 2 heterocycles. The second-order valence-electron chi connectivity index (χ2n) is 5.20. The van der Waals surface area contributed by atoms with Gasteiger partial charge in [0.1, 0.15) is 6.23 Å². The van der Waals surface area contributed by atoms with Gasteiger partial charge >= 0.3 is 0 Å². The van der Waals surface area contributed by atoms with E-state index < -0.39 is 6.23 Å². The average Bonchev–Trinajstić information content (AvgIpc) is 2.57. The highest BCUT2D eigenvalue weighted by Gasteiger charge is 2.47. The summed E-state index contributed by atoms with van der Waals surface area (Å²) >= 11 is 3.53. The molecule has 92 valence electrons. The molecule has 1 aromatic carbocycles. The minimum atomic E-state index is -0.444. The van der Waals surface area contributed by atoms with Crippen LogP contribution < -0.4 is 5.32 Å². The maximum absolute atomic E-state index is 10.4. The Morgan fingerprint density at radius 2 is 2.12 bits per heavy atom. The molecule has 0 bridgehead atoms. The number of nitrogens with one attached hydrogen (secondary N) is 1. The number of rotatable bonds is 0. The van der Waals surface area contributed by atoms with E-state index in [1.807, 2.05) is 6.07 Å². The van der Waals surface area contributed by atoms with Gasteiger partial charge in [-0.25, -0.2) is 0 Å². The van der Waals surface area contributed by atoms with Gasteiger partial charge < -0.3 is 15.3 Å². The molecule has 17 heavy (non-hydrogen) atoms. The second kappa shape index (κ2) is 3.97. The number of benzene rings is 1. The molecule has 0 aromatic heterocycles. The number of aliphatic hydroxyl groups is 1. The van der Waals surface area contributed by atoms with Crippen molar-refractivity contribution in [3.05, 3.63) is 28.2 Å². The van der Waals surface area contributed by atoms with E-state index >= 15 is 0 Å². The van der Waals surface area contributed by atoms with Gasteiger partial charge in [-0.3, -0.25) is 0 Å². The summed E-state index contributed by atoms with van der Waals surface area (Å²) in [6.45, 7) is 2.09. The van der Waals surface area contributed by atoms with Crippen LogP contribution in [0.2, 0.25) is 0 Å². The zero-order valence-corrected chi connectivity index (χ0v) is 11.5. The lowest BCUT2D eigenvalue weighted by atomic mass is 9.73. The molecular formula is C13H17BrN2O. The van der Waals surface area contributed by atoms with Crippen molar-refractivity contribution in [2.24, 2.45) is 0 Å². The van der Waals surface area contributed by atoms with Gasteiger partial charge in [-0.05, 0) is 56.7 Å². The third kappa shape index (κ3) is 1.70. The molecule has 0 aliphatic carbocycles. The van der Waals surface area contributed by atoms with Crippen LogP contribution in [0.1, 0.15) is 18.4 Å². The molecule has 2 aliphatic heterocycles. The van der Waals surface area contributed by atoms with Crippen molar-refractivity contribution in [1.29, 1.82) is 0 Å². The van der Waals surface area contributed by atoms with E-state index in [0.717, 1.165) is 36.1 Å². The maximum atomic E-state index is 10.4. The highest BCUT2D eigenvalue weighted by Crippen LogP contribution is 2.47. The van der Waals surface area contributed by atoms with E-state index in [4.69, 9.17) is 0 Å². The van der Waals surface area contributed by atoms with Crippen LogP contribution in [0.15, 0.2) is 22.7 Å². The van der Waals surface area contributed by atoms with Gasteiger partial charge in [-0.1, -0.05) is 15.9 Å². The van der Waals surface area contributed by atoms with E-state index in [9.17, 15) is 5.11 Å². The minimum absolute atomic E-state index is 0.0916. The summed E-state index contributed by atoms with van der Waals surface area (Å²) in [7, 11) is 2.14. The van der Waals surface area contributed by atoms with Crippen molar-refractivity contribution in [1.82, 2.24) is 4.90 Å². The van der Waals surface area contributed by atoms with Crippen LogP contribution in [0.3, 0.4) is 0 Å². The molecule has 1 fully saturated rings. The van der Waals surface area contributed by atoms with E-state index in [0.29, 0.717) is 0 Å². The lowest BCUT2D eigenvalue weighted by Gasteiger charge is -2.40. The molecule has 2 aliphatic rings. The summed E-state index contributed by atoms with van der Waals surface area (Å²) in [6, 6.07) is 6.23. The van der Waals surface area contributed by atoms with Crippen molar-refractivity contribution in [3.63, 3.8) is 0 Å². The zero-order chi connectivity index (χ0) is 12.0. The van der Waals surface area contributed by atoms with Gasteiger partial charge in [0.2, 0.25) is 0 Å². The Bertz CT molecular complexity index is 441. The first-order valence-corrected chi connectivity index (χ1v) is 6.84. The van der Waals surface area contributed by atoms with Crippen LogP contribution in [0.25, 0.3) is 0 Å². The first-order valence-electron chi connectivity index (χ1n) is 6.05. The number of nitrogens with zero attached hydrogens (tertiary/aromatic N) is 1. The fraction of sp³-hybridized carbons (Fsp3) is 0.538. The predicted octanol–water partition coefficient (Wildman–Crippen LogP) is 2.16. The SMILES string of the molecule is CN1CCC2(CC1)c1cc(Br)ccc1N[C@H]2O. The number of hydrogen-bond acceptors (Lipinski definition) is 3. The first kappa shape index (κ1) is 11.5. The number of piperidine rings is 1. The Kier molecular flexibility index (Phi) is 2.69. The van der Waals surface area contributed by atoms with Crippen LogP contribution in [0, 0.1) is 0 Å². The molecule has 0 unspecified atom stereocenters. The number of anilines is 1. The quantitative estimate of drug-likeness (QED) is 0.770. The molecule has 2 N–H and O–H groups in total. The third-order valence-corrected chi connectivity index (χ3v) is 4.71. The zero-order valence-electron chi connectivity index (χ0n) is 9.91. The largest absolute Gasteiger partial charge is 0.373 e. The van der Waals surface area contributed by atoms with Gasteiger partial charge in [0.15, 0.2) is 0 Å². The van der Waals surface area contributed by atoms with E-state index in [-0.39, 0.29) is 5.41 Å². The molecule has 4 heteroatoms. The Labute approximate surface area is 110 Å². The molecular weight excluding hydrogens is 280 g/mol. The highest BCUT2D eigenvalue weighted by molar-refractivity contribution is 9.10. The smallest absolute Gasteiger partial charge is 0.134 e. The van der Waals surface area contributed by atoms with Gasteiger partial charge in [-0.2, -0.15) is 0 Å². The molecule has 1 aromatic rings. The van der Waals surface area contributed by atoms with Crippen LogP contribution in [-0.4, -0.2) is 36.4 Å². The van der Waals surface area contributed by atoms with Crippen molar-refractivity contribution in [3.8, 4) is 0 Å². The molecule has 0 saturated carbocycles. The average molecular weight is 297 g/mol. The summed E-state index contributed by atoms with van der Waals surface area (Å²) in [6.07, 6.45) is 1.59. The van der Waals surface area contributed by atoms with E-state index in [1.54, 1.807) is 0 Å². The Morgan fingerprint density at radius 3 is 2.82 bits per heavy atom. The lowest BCUT2D eigenvalue weighted by Crippen LogP contribution is -2.47. The van der Waals surface area contributed by atoms with Crippen molar-refractivity contribution in [2.75, 3.05) is 25.5 Å². The summed E-state index contributed by atoms with van der Waals surface area (Å²) in [5.74, 6) is 0. The van der Waals surface area contributed by atoms with Crippen LogP contribution in [0.5, 0.6) is 0 Å². The Balaban J connectivity index is 2.03. The molecule has 1 atom stereocenters. The molecule has 3 rings (SSSR count). The van der Waals surface area contributed by atoms with E-state index in [2.05, 4.69) is 45.3 Å². The first-order chi connectivity index (χ1) is 8.12. The van der Waals surface area contributed by atoms with Crippen LogP contribution in [-0.2, 0) is 5.41 Å². The number of halogens is 1. The van der Waals surface area contributed by atoms with Gasteiger partial charge in [0.05, 0.1) is 0 Å². The van der Waals surface area contributed by atoms with Crippen LogP contribution >= 0.6 is 15.9 Å². The summed E-state index contributed by atoms with van der Waals surface area (Å²) in [5.41, 5.74) is 2.27. The number of fused-ring (bicyclic) bond motifs is 2. The Morgan fingerprint density at radius 1 is 1.41 bits per heavy atom. The number of likely N-dealkylation sites (tertiary alicyclic amines) is 1. The van der Waals surface area contributed by atoms with Crippen molar-refractivity contribution in [2.45, 2.75) is 24.5 Å². The van der Waals surface area contributed by atoms with Crippen molar-refractivity contribution >= 4 is 21.6 Å². The molecule has 0 radical (unpaired) electrons. The fourth-order valence-corrected chi connectivity index (χ4v) is 3.41. The predicted molar refractivity (Wildman–Crippen MR) is 72.2 cm³/mol. The lowest BCUT2D eigenvalue weighted by molar-refractivity contribution is 0.0644. The van der Waals surface area contributed by atoms with Crippen LogP contribution in [0.4, 0.5) is 5.69 Å². The highest BCUT2D eigenvalue weighted by atomic mass is 79.9. The number of aliphatic hydroxyl groups excluding tert-OH is 1. The summed E-state index contributed by atoms with van der Waals surface area (Å²) < 4.78 is 1.09. The topological polar surface area (TPSA) is 35.5 Å². The standard InChI is InChI=1S/C13H17BrN2O/c1-16-6-4-13(5-7-16)10-8-9(14)2-3-11(10)15-12(13)17/h2-3,8,12,15,17H,4-7H2,1H3/t12-/m0/s1. The number of hydrogen-bond donors (Lipinski definition) is 2. The summed E-state index contributed by atoms with van der Waals surface area (Å²) in [5, 5.41) is 13.6. The fourth-order valence-electron chi connectivity index (χ4n) is 3.05. The molecule has 0 amide bonds. The third-order valence-electron chi connectivity index (χ3n) is 4.21. The molecule has 1 spiro atoms. The second-order valence-corrected chi connectivity index (χ2v) is 6.11. The normalized spacial score (nSPS) is 26.9. The Hall–Kier alpha value is -0.580. The maximum Gasteiger partial charge on any atom is 0.134 e. The molecule has 3 nitrogen and oxygen atoms in total. The van der Waals surface area contributed by atoms with Gasteiger partial charge in [0, 0.05) is 15.6 Å². The summed E-state index contributed by atoms with van der Waals surface area (Å²) in [4.78, 5) is 2.33. The van der Waals surface area contributed by atoms with Gasteiger partial charge in [-0.15, -0.1) is 0 Å².